The summed E-state index contributed by atoms with van der Waals surface area (Å²) >= 11 is 0. The molecule has 4 rings (SSSR count). The lowest BCUT2D eigenvalue weighted by Crippen LogP contribution is -2.34. The van der Waals surface area contributed by atoms with Gasteiger partial charge in [-0.3, -0.25) is 0 Å². The topological polar surface area (TPSA) is 9.23 Å². The van der Waals surface area contributed by atoms with Gasteiger partial charge in [-0.1, -0.05) is 19.8 Å². The molecule has 0 radical (unpaired) electrons. The van der Waals surface area contributed by atoms with Crippen LogP contribution in [0.25, 0.3) is 0 Å². The van der Waals surface area contributed by atoms with Crippen LogP contribution in [0.1, 0.15) is 82.6 Å². The number of hydrogen-bond donors (Lipinski definition) is 0. The van der Waals surface area contributed by atoms with Crippen LogP contribution in [0.5, 0.6) is 5.75 Å². The summed E-state index contributed by atoms with van der Waals surface area (Å²) < 4.78 is 68.9. The molecule has 3 aliphatic rings. The molecule has 3 aliphatic carbocycles. The molecule has 168 valence electrons. The fourth-order valence-electron chi connectivity index (χ4n) is 6.44. The molecule has 0 spiro atoms. The van der Waals surface area contributed by atoms with Crippen LogP contribution in [0.3, 0.4) is 0 Å². The average Bonchev–Trinajstić information content (AvgIpc) is 2.69. The molecule has 1 nitrogen and oxygen atoms in total. The van der Waals surface area contributed by atoms with Crippen molar-refractivity contribution in [1.29, 1.82) is 0 Å². The Morgan fingerprint density at radius 2 is 1.23 bits per heavy atom. The second-order valence-electron chi connectivity index (χ2n) is 9.98. The molecule has 0 N–H and O–H groups in total. The Kier molecular flexibility index (Phi) is 6.32. The molecule has 4 unspecified atom stereocenters. The molecule has 3 fully saturated rings. The van der Waals surface area contributed by atoms with Gasteiger partial charge in [-0.25, -0.2) is 8.78 Å². The van der Waals surface area contributed by atoms with Gasteiger partial charge in [0.15, 0.2) is 11.6 Å². The Morgan fingerprint density at radius 3 is 1.83 bits per heavy atom. The fraction of sp³-hybridized carbons (Fsp3) is 0.750. The van der Waals surface area contributed by atoms with Crippen molar-refractivity contribution in [2.75, 3.05) is 0 Å². The zero-order valence-electron chi connectivity index (χ0n) is 17.5. The third kappa shape index (κ3) is 4.94. The second-order valence-corrected chi connectivity index (χ2v) is 9.98. The number of ether oxygens (including phenoxy) is 1. The highest BCUT2D eigenvalue weighted by molar-refractivity contribution is 5.33. The third-order valence-electron chi connectivity index (χ3n) is 8.09. The Labute approximate surface area is 175 Å². The Bertz CT molecular complexity index is 715. The molecule has 0 bridgehead atoms. The molecule has 6 heteroatoms. The maximum atomic E-state index is 14.1. The van der Waals surface area contributed by atoms with Gasteiger partial charge in [0.2, 0.25) is 5.75 Å². The summed E-state index contributed by atoms with van der Waals surface area (Å²) in [6.45, 7) is 2.35. The second kappa shape index (κ2) is 8.66. The molecule has 0 aliphatic heterocycles. The van der Waals surface area contributed by atoms with Crippen LogP contribution >= 0.6 is 0 Å². The first-order valence-corrected chi connectivity index (χ1v) is 11.4. The van der Waals surface area contributed by atoms with Gasteiger partial charge in [-0.05, 0) is 105 Å². The molecular weight excluding hydrogens is 399 g/mol. The molecule has 0 heterocycles. The van der Waals surface area contributed by atoms with Crippen molar-refractivity contribution in [3.8, 4) is 5.75 Å². The van der Waals surface area contributed by atoms with E-state index >= 15 is 0 Å². The van der Waals surface area contributed by atoms with E-state index in [0.717, 1.165) is 55.6 Å². The van der Waals surface area contributed by atoms with E-state index in [4.69, 9.17) is 0 Å². The minimum absolute atomic E-state index is 0.00210. The third-order valence-corrected chi connectivity index (χ3v) is 8.09. The van der Waals surface area contributed by atoms with E-state index in [1.807, 2.05) is 0 Å². The van der Waals surface area contributed by atoms with Gasteiger partial charge in [0.05, 0.1) is 0 Å². The SMILES string of the molecule is CC1CCC(C2CCC3CC(c4cc(F)c(OC(F)(F)F)c(F)c4)CCC3C2)CC1. The van der Waals surface area contributed by atoms with Gasteiger partial charge in [0, 0.05) is 0 Å². The normalized spacial score (nSPS) is 35.0. The van der Waals surface area contributed by atoms with Crippen molar-refractivity contribution in [2.45, 2.75) is 83.4 Å². The summed E-state index contributed by atoms with van der Waals surface area (Å²) in [7, 11) is 0. The Hall–Kier alpha value is -1.33. The van der Waals surface area contributed by atoms with Crippen LogP contribution in [0.4, 0.5) is 22.0 Å². The van der Waals surface area contributed by atoms with Crippen molar-refractivity contribution < 1.29 is 26.7 Å². The Morgan fingerprint density at radius 1 is 0.733 bits per heavy atom. The highest BCUT2D eigenvalue weighted by Gasteiger charge is 2.39. The van der Waals surface area contributed by atoms with Gasteiger partial charge in [0.25, 0.3) is 0 Å². The van der Waals surface area contributed by atoms with Crippen LogP contribution < -0.4 is 4.74 Å². The molecule has 30 heavy (non-hydrogen) atoms. The lowest BCUT2D eigenvalue weighted by atomic mass is 9.60. The summed E-state index contributed by atoms with van der Waals surface area (Å²) in [6, 6.07) is 2.06. The zero-order valence-corrected chi connectivity index (χ0v) is 17.5. The first-order valence-electron chi connectivity index (χ1n) is 11.4. The summed E-state index contributed by atoms with van der Waals surface area (Å²) in [5.41, 5.74) is 0.460. The summed E-state index contributed by atoms with van der Waals surface area (Å²) in [5, 5.41) is 0. The lowest BCUT2D eigenvalue weighted by molar-refractivity contribution is -0.276. The highest BCUT2D eigenvalue weighted by atomic mass is 19.4. The van der Waals surface area contributed by atoms with Crippen LogP contribution in [0.15, 0.2) is 12.1 Å². The largest absolute Gasteiger partial charge is 0.573 e. The Balaban J connectivity index is 1.38. The average molecular weight is 431 g/mol. The van der Waals surface area contributed by atoms with Gasteiger partial charge in [0.1, 0.15) is 0 Å². The smallest absolute Gasteiger partial charge is 0.399 e. The monoisotopic (exact) mass is 430 g/mol. The molecule has 1 aromatic carbocycles. The number of fused-ring (bicyclic) bond motifs is 1. The molecule has 0 aromatic heterocycles. The fourth-order valence-corrected chi connectivity index (χ4v) is 6.44. The highest BCUT2D eigenvalue weighted by Crippen LogP contribution is 2.51. The van der Waals surface area contributed by atoms with Crippen molar-refractivity contribution in [1.82, 2.24) is 0 Å². The molecule has 3 saturated carbocycles. The minimum atomic E-state index is -5.11. The number of hydrogen-bond acceptors (Lipinski definition) is 1. The zero-order chi connectivity index (χ0) is 21.5. The van der Waals surface area contributed by atoms with Crippen molar-refractivity contribution in [3.05, 3.63) is 29.3 Å². The van der Waals surface area contributed by atoms with Crippen LogP contribution in [-0.4, -0.2) is 6.36 Å². The van der Waals surface area contributed by atoms with E-state index in [-0.39, 0.29) is 5.92 Å². The lowest BCUT2D eigenvalue weighted by Gasteiger charge is -2.45. The standard InChI is InChI=1S/C24H31F5O/c1-14-2-4-15(5-3-14)16-6-7-18-11-19(9-8-17(18)10-16)20-12-21(25)23(22(26)13-20)30-24(27,28)29/h12-19H,2-11H2,1H3. The van der Waals surface area contributed by atoms with Crippen LogP contribution in [0.2, 0.25) is 0 Å². The summed E-state index contributed by atoms with van der Waals surface area (Å²) in [6.07, 6.45) is 6.74. The van der Waals surface area contributed by atoms with Crippen molar-refractivity contribution in [3.63, 3.8) is 0 Å². The molecule has 0 saturated heterocycles. The summed E-state index contributed by atoms with van der Waals surface area (Å²) in [5.74, 6) is -0.125. The number of benzene rings is 1. The van der Waals surface area contributed by atoms with E-state index < -0.39 is 23.7 Å². The van der Waals surface area contributed by atoms with E-state index in [0.29, 0.717) is 17.4 Å². The van der Waals surface area contributed by atoms with Gasteiger partial charge >= 0.3 is 6.36 Å². The van der Waals surface area contributed by atoms with Gasteiger partial charge in [-0.2, -0.15) is 0 Å². The molecule has 4 atom stereocenters. The van der Waals surface area contributed by atoms with Crippen molar-refractivity contribution in [2.24, 2.45) is 29.6 Å². The van der Waals surface area contributed by atoms with E-state index in [9.17, 15) is 22.0 Å². The predicted octanol–water partition coefficient (Wildman–Crippen LogP) is 7.99. The van der Waals surface area contributed by atoms with E-state index in [1.165, 1.54) is 38.5 Å². The predicted molar refractivity (Wildman–Crippen MR) is 105 cm³/mol. The maximum Gasteiger partial charge on any atom is 0.573 e. The van der Waals surface area contributed by atoms with E-state index in [1.54, 1.807) is 0 Å². The molecular formula is C24H31F5O. The van der Waals surface area contributed by atoms with Crippen LogP contribution in [-0.2, 0) is 0 Å². The molecule has 1 aromatic rings. The van der Waals surface area contributed by atoms with Crippen molar-refractivity contribution >= 4 is 0 Å². The number of alkyl halides is 3. The van der Waals surface area contributed by atoms with Crippen LogP contribution in [0, 0.1) is 41.2 Å². The summed E-state index contributed by atoms with van der Waals surface area (Å²) in [4.78, 5) is 0. The first-order chi connectivity index (χ1) is 14.2. The number of halogens is 5. The number of rotatable bonds is 3. The van der Waals surface area contributed by atoms with Gasteiger partial charge in [-0.15, -0.1) is 13.2 Å². The quantitative estimate of drug-likeness (QED) is 0.442. The maximum absolute atomic E-state index is 14.1. The van der Waals surface area contributed by atoms with Gasteiger partial charge < -0.3 is 4.74 Å². The van der Waals surface area contributed by atoms with E-state index in [2.05, 4.69) is 11.7 Å². The molecule has 0 amide bonds. The minimum Gasteiger partial charge on any atom is -0.399 e. The first kappa shape index (κ1) is 21.9.